The topological polar surface area (TPSA) is 55.8 Å². The number of hydrogen-bond donors (Lipinski definition) is 2. The zero-order valence-corrected chi connectivity index (χ0v) is 15.5. The molecule has 2 aliphatic heterocycles. The normalized spacial score (nSPS) is 21.0. The molecule has 0 spiro atoms. The highest BCUT2D eigenvalue weighted by molar-refractivity contribution is 5.85. The Morgan fingerprint density at radius 3 is 2.67 bits per heavy atom. The monoisotopic (exact) mass is 375 g/mol. The molecule has 1 aromatic rings. The van der Waals surface area contributed by atoms with Gasteiger partial charge in [0.15, 0.2) is 0 Å². The molecule has 0 saturated carbocycles. The molecule has 2 fully saturated rings. The standard InChI is InChI=1S/C17H25N3O2.2ClH/c21-16-3-1-2-14(11-16)10-15-4-7-19(12-15)13-17(22)20-8-5-18-6-9-20;;/h1-3,11,15,18,21H,4-10,12-13H2;2*1H. The van der Waals surface area contributed by atoms with Gasteiger partial charge in [-0.2, -0.15) is 0 Å². The summed E-state index contributed by atoms with van der Waals surface area (Å²) in [6.07, 6.45) is 2.11. The number of phenols is 1. The van der Waals surface area contributed by atoms with Crippen LogP contribution in [0.4, 0.5) is 0 Å². The van der Waals surface area contributed by atoms with Crippen LogP contribution in [0.5, 0.6) is 5.75 Å². The molecule has 2 aliphatic rings. The first-order chi connectivity index (χ1) is 10.7. The Labute approximate surface area is 156 Å². The Morgan fingerprint density at radius 2 is 1.96 bits per heavy atom. The molecule has 24 heavy (non-hydrogen) atoms. The Bertz CT molecular complexity index is 524. The molecule has 1 unspecified atom stereocenters. The number of aromatic hydroxyl groups is 1. The Hall–Kier alpha value is -1.01. The van der Waals surface area contributed by atoms with E-state index < -0.39 is 0 Å². The molecule has 2 N–H and O–H groups in total. The fourth-order valence-electron chi connectivity index (χ4n) is 3.45. The molecular weight excluding hydrogens is 349 g/mol. The third kappa shape index (κ3) is 5.81. The Morgan fingerprint density at radius 1 is 1.21 bits per heavy atom. The molecule has 0 aromatic heterocycles. The SMILES string of the molecule is Cl.Cl.O=C(CN1CCC(Cc2cccc(O)c2)C1)N1CCNCC1. The minimum Gasteiger partial charge on any atom is -0.508 e. The predicted octanol–water partition coefficient (Wildman–Crippen LogP) is 1.53. The van der Waals surface area contributed by atoms with Gasteiger partial charge in [0.2, 0.25) is 5.91 Å². The van der Waals surface area contributed by atoms with Crippen LogP contribution in [-0.2, 0) is 11.2 Å². The number of piperazine rings is 1. The van der Waals surface area contributed by atoms with Crippen LogP contribution in [-0.4, -0.2) is 66.6 Å². The fraction of sp³-hybridized carbons (Fsp3) is 0.588. The van der Waals surface area contributed by atoms with Crippen LogP contribution in [0.3, 0.4) is 0 Å². The first-order valence-corrected chi connectivity index (χ1v) is 8.19. The number of benzene rings is 1. The molecule has 3 rings (SSSR count). The van der Waals surface area contributed by atoms with Gasteiger partial charge in [-0.15, -0.1) is 24.8 Å². The summed E-state index contributed by atoms with van der Waals surface area (Å²) in [7, 11) is 0. The molecular formula is C17H27Cl2N3O2. The molecule has 5 nitrogen and oxygen atoms in total. The highest BCUT2D eigenvalue weighted by Gasteiger charge is 2.26. The second-order valence-electron chi connectivity index (χ2n) is 6.39. The quantitative estimate of drug-likeness (QED) is 0.837. The van der Waals surface area contributed by atoms with Gasteiger partial charge in [-0.1, -0.05) is 12.1 Å². The van der Waals surface area contributed by atoms with E-state index in [-0.39, 0.29) is 30.7 Å². The summed E-state index contributed by atoms with van der Waals surface area (Å²) in [4.78, 5) is 16.5. The van der Waals surface area contributed by atoms with E-state index in [1.54, 1.807) is 6.07 Å². The zero-order valence-electron chi connectivity index (χ0n) is 13.8. The number of nitrogens with zero attached hydrogens (tertiary/aromatic N) is 2. The molecule has 1 atom stereocenters. The number of carbonyl (C=O) groups excluding carboxylic acids is 1. The van der Waals surface area contributed by atoms with E-state index in [2.05, 4.69) is 16.3 Å². The van der Waals surface area contributed by atoms with Gasteiger partial charge in [0.05, 0.1) is 6.54 Å². The van der Waals surface area contributed by atoms with E-state index in [1.807, 2.05) is 17.0 Å². The lowest BCUT2D eigenvalue weighted by molar-refractivity contribution is -0.132. The van der Waals surface area contributed by atoms with Crippen molar-refractivity contribution in [2.75, 3.05) is 45.8 Å². The van der Waals surface area contributed by atoms with Crippen LogP contribution < -0.4 is 5.32 Å². The van der Waals surface area contributed by atoms with E-state index >= 15 is 0 Å². The highest BCUT2D eigenvalue weighted by atomic mass is 35.5. The number of phenolic OH excluding ortho intramolecular Hbond substituents is 1. The van der Waals surface area contributed by atoms with E-state index in [0.717, 1.165) is 52.1 Å². The van der Waals surface area contributed by atoms with E-state index in [9.17, 15) is 9.90 Å². The Balaban J connectivity index is 0.00000144. The number of hydrogen-bond acceptors (Lipinski definition) is 4. The number of carbonyl (C=O) groups is 1. The average Bonchev–Trinajstić information content (AvgIpc) is 2.95. The number of likely N-dealkylation sites (tertiary alicyclic amines) is 1. The van der Waals surface area contributed by atoms with Crippen LogP contribution in [0.25, 0.3) is 0 Å². The van der Waals surface area contributed by atoms with Crippen molar-refractivity contribution in [2.24, 2.45) is 5.92 Å². The third-order valence-corrected chi connectivity index (χ3v) is 4.63. The summed E-state index contributed by atoms with van der Waals surface area (Å²) < 4.78 is 0. The van der Waals surface area contributed by atoms with Crippen molar-refractivity contribution in [3.63, 3.8) is 0 Å². The molecule has 1 aromatic carbocycles. The first-order valence-electron chi connectivity index (χ1n) is 8.19. The van der Waals surface area contributed by atoms with Crippen molar-refractivity contribution < 1.29 is 9.90 Å². The summed E-state index contributed by atoms with van der Waals surface area (Å²) >= 11 is 0. The van der Waals surface area contributed by atoms with Gasteiger partial charge in [0.25, 0.3) is 0 Å². The molecule has 136 valence electrons. The van der Waals surface area contributed by atoms with E-state index in [4.69, 9.17) is 0 Å². The lowest BCUT2D eigenvalue weighted by Crippen LogP contribution is -2.49. The number of rotatable bonds is 4. The number of amides is 1. The smallest absolute Gasteiger partial charge is 0.236 e. The maximum atomic E-state index is 12.3. The van der Waals surface area contributed by atoms with Gasteiger partial charge in [-0.25, -0.2) is 0 Å². The van der Waals surface area contributed by atoms with Gasteiger partial charge < -0.3 is 15.3 Å². The molecule has 0 radical (unpaired) electrons. The fourth-order valence-corrected chi connectivity index (χ4v) is 3.45. The average molecular weight is 376 g/mol. The van der Waals surface area contributed by atoms with Crippen molar-refractivity contribution in [1.29, 1.82) is 0 Å². The summed E-state index contributed by atoms with van der Waals surface area (Å²) in [6.45, 7) is 6.02. The summed E-state index contributed by atoms with van der Waals surface area (Å²) in [5.41, 5.74) is 1.18. The zero-order chi connectivity index (χ0) is 15.4. The van der Waals surface area contributed by atoms with E-state index in [0.29, 0.717) is 18.2 Å². The van der Waals surface area contributed by atoms with Gasteiger partial charge in [-0.3, -0.25) is 9.69 Å². The van der Waals surface area contributed by atoms with Crippen molar-refractivity contribution in [3.8, 4) is 5.75 Å². The molecule has 2 heterocycles. The molecule has 2 saturated heterocycles. The maximum absolute atomic E-state index is 12.3. The summed E-state index contributed by atoms with van der Waals surface area (Å²) in [5, 5.41) is 12.8. The summed E-state index contributed by atoms with van der Waals surface area (Å²) in [5.74, 6) is 1.18. The molecule has 0 aliphatic carbocycles. The first kappa shape index (κ1) is 21.0. The molecule has 7 heteroatoms. The minimum absolute atomic E-state index is 0. The van der Waals surface area contributed by atoms with Gasteiger partial charge in [0.1, 0.15) is 5.75 Å². The second-order valence-corrected chi connectivity index (χ2v) is 6.39. The summed E-state index contributed by atoms with van der Waals surface area (Å²) in [6, 6.07) is 7.50. The van der Waals surface area contributed by atoms with Crippen LogP contribution in [0, 0.1) is 5.92 Å². The Kier molecular flexibility index (Phi) is 8.84. The lowest BCUT2D eigenvalue weighted by Gasteiger charge is -2.29. The van der Waals surface area contributed by atoms with Gasteiger partial charge >= 0.3 is 0 Å². The largest absolute Gasteiger partial charge is 0.508 e. The van der Waals surface area contributed by atoms with Gasteiger partial charge in [-0.05, 0) is 43.0 Å². The molecule has 0 bridgehead atoms. The highest BCUT2D eigenvalue weighted by Crippen LogP contribution is 2.22. The van der Waals surface area contributed by atoms with E-state index in [1.165, 1.54) is 5.56 Å². The van der Waals surface area contributed by atoms with Crippen LogP contribution in [0.2, 0.25) is 0 Å². The van der Waals surface area contributed by atoms with Crippen molar-refractivity contribution in [1.82, 2.24) is 15.1 Å². The predicted molar refractivity (Wildman–Crippen MR) is 100 cm³/mol. The minimum atomic E-state index is 0. The third-order valence-electron chi connectivity index (χ3n) is 4.63. The van der Waals surface area contributed by atoms with Crippen molar-refractivity contribution >= 4 is 30.7 Å². The van der Waals surface area contributed by atoms with Crippen LogP contribution >= 0.6 is 24.8 Å². The number of halogens is 2. The van der Waals surface area contributed by atoms with Crippen molar-refractivity contribution in [3.05, 3.63) is 29.8 Å². The van der Waals surface area contributed by atoms with Crippen LogP contribution in [0.1, 0.15) is 12.0 Å². The van der Waals surface area contributed by atoms with Crippen molar-refractivity contribution in [2.45, 2.75) is 12.8 Å². The van der Waals surface area contributed by atoms with Crippen LogP contribution in [0.15, 0.2) is 24.3 Å². The maximum Gasteiger partial charge on any atom is 0.236 e. The number of nitrogens with one attached hydrogen (secondary N) is 1. The lowest BCUT2D eigenvalue weighted by atomic mass is 9.99. The van der Waals surface area contributed by atoms with Gasteiger partial charge in [0, 0.05) is 32.7 Å². The molecule has 1 amide bonds. The second kappa shape index (κ2) is 10.1.